The van der Waals surface area contributed by atoms with Crippen LogP contribution in [0.25, 0.3) is 0 Å². The molecule has 0 fully saturated rings. The fraction of sp³-hybridized carbons (Fsp3) is 0. The Morgan fingerprint density at radius 2 is 2.00 bits per heavy atom. The van der Waals surface area contributed by atoms with Crippen molar-refractivity contribution in [2.75, 3.05) is 0 Å². The van der Waals surface area contributed by atoms with Crippen LogP contribution in [0.2, 0.25) is 5.02 Å². The largest absolute Gasteiger partial charge is 0.359 e. The lowest BCUT2D eigenvalue weighted by Crippen LogP contribution is -2.03. The van der Waals surface area contributed by atoms with Crippen molar-refractivity contribution in [3.8, 4) is 0 Å². The SMILES string of the molecule is O=C(OCl)c1ccc(F)c(Cl)c1F. The molecular weight excluding hydrogens is 225 g/mol. The molecule has 0 aliphatic rings. The molecule has 0 amide bonds. The van der Waals surface area contributed by atoms with Gasteiger partial charge in [0, 0.05) is 0 Å². The first-order valence-corrected chi connectivity index (χ1v) is 3.73. The minimum absolute atomic E-state index is 0.513. The van der Waals surface area contributed by atoms with Gasteiger partial charge in [-0.3, -0.25) is 0 Å². The smallest absolute Gasteiger partial charge is 0.343 e. The van der Waals surface area contributed by atoms with Gasteiger partial charge < -0.3 is 4.29 Å². The van der Waals surface area contributed by atoms with E-state index in [0.717, 1.165) is 12.1 Å². The summed E-state index contributed by atoms with van der Waals surface area (Å²) in [5.74, 6) is -3.27. The molecule has 13 heavy (non-hydrogen) atoms. The van der Waals surface area contributed by atoms with E-state index in [4.69, 9.17) is 23.5 Å². The zero-order valence-corrected chi connectivity index (χ0v) is 7.49. The third-order valence-electron chi connectivity index (χ3n) is 1.33. The van der Waals surface area contributed by atoms with Crippen LogP contribution in [0.5, 0.6) is 0 Å². The molecule has 0 aromatic heterocycles. The molecule has 1 aromatic carbocycles. The van der Waals surface area contributed by atoms with Gasteiger partial charge in [-0.25, -0.2) is 13.6 Å². The van der Waals surface area contributed by atoms with Crippen LogP contribution in [0.3, 0.4) is 0 Å². The monoisotopic (exact) mass is 226 g/mol. The first-order chi connectivity index (χ1) is 6.07. The van der Waals surface area contributed by atoms with Gasteiger partial charge in [-0.05, 0) is 12.1 Å². The number of halogens is 4. The highest BCUT2D eigenvalue weighted by Crippen LogP contribution is 2.22. The summed E-state index contributed by atoms with van der Waals surface area (Å²) < 4.78 is 29.3. The summed E-state index contributed by atoms with van der Waals surface area (Å²) in [4.78, 5) is 10.7. The molecule has 70 valence electrons. The highest BCUT2D eigenvalue weighted by molar-refractivity contribution is 6.31. The lowest BCUT2D eigenvalue weighted by molar-refractivity contribution is 0.0746. The van der Waals surface area contributed by atoms with Crippen molar-refractivity contribution >= 4 is 29.4 Å². The summed E-state index contributed by atoms with van der Waals surface area (Å²) in [6.07, 6.45) is 0. The first-order valence-electron chi connectivity index (χ1n) is 3.04. The molecule has 6 heteroatoms. The van der Waals surface area contributed by atoms with Gasteiger partial charge in [-0.15, -0.1) is 0 Å². The van der Waals surface area contributed by atoms with E-state index in [1.165, 1.54) is 0 Å². The maximum atomic E-state index is 13.0. The Hall–Kier alpha value is -0.870. The van der Waals surface area contributed by atoms with Gasteiger partial charge in [0.1, 0.15) is 22.7 Å². The highest BCUT2D eigenvalue weighted by atomic mass is 35.5. The van der Waals surface area contributed by atoms with Crippen LogP contribution in [-0.2, 0) is 4.29 Å². The van der Waals surface area contributed by atoms with Crippen LogP contribution in [0.1, 0.15) is 10.4 Å². The second-order valence-electron chi connectivity index (χ2n) is 2.09. The second-order valence-corrected chi connectivity index (χ2v) is 2.62. The lowest BCUT2D eigenvalue weighted by atomic mass is 10.2. The molecule has 1 rings (SSSR count). The maximum Gasteiger partial charge on any atom is 0.359 e. The maximum absolute atomic E-state index is 13.0. The van der Waals surface area contributed by atoms with Crippen molar-refractivity contribution in [3.05, 3.63) is 34.4 Å². The number of carbonyl (C=O) groups excluding carboxylic acids is 1. The van der Waals surface area contributed by atoms with E-state index in [1.54, 1.807) is 0 Å². The van der Waals surface area contributed by atoms with E-state index in [1.807, 2.05) is 0 Å². The fourth-order valence-electron chi connectivity index (χ4n) is 0.725. The molecular formula is C7H2Cl2F2O2. The average Bonchev–Trinajstić information content (AvgIpc) is 2.13. The Morgan fingerprint density at radius 3 is 2.54 bits per heavy atom. The summed E-state index contributed by atoms with van der Waals surface area (Å²) >= 11 is 9.88. The number of rotatable bonds is 1. The molecule has 0 saturated heterocycles. The molecule has 0 atom stereocenters. The number of carbonyl (C=O) groups is 1. The molecule has 0 radical (unpaired) electrons. The zero-order valence-electron chi connectivity index (χ0n) is 5.98. The Labute approximate surface area is 82.2 Å². The van der Waals surface area contributed by atoms with Gasteiger partial charge in [0.2, 0.25) is 0 Å². The molecule has 0 bridgehead atoms. The Morgan fingerprint density at radius 1 is 1.38 bits per heavy atom. The van der Waals surface area contributed by atoms with E-state index >= 15 is 0 Å². The Bertz CT molecular complexity index is 355. The van der Waals surface area contributed by atoms with Gasteiger partial charge in [-0.1, -0.05) is 11.6 Å². The first kappa shape index (κ1) is 10.2. The van der Waals surface area contributed by atoms with Gasteiger partial charge >= 0.3 is 5.97 Å². The predicted octanol–water partition coefficient (Wildman–Crippen LogP) is 2.93. The zero-order chi connectivity index (χ0) is 10.0. The number of hydrogen-bond donors (Lipinski definition) is 0. The third-order valence-corrected chi connectivity index (χ3v) is 1.81. The minimum Gasteiger partial charge on any atom is -0.343 e. The van der Waals surface area contributed by atoms with Gasteiger partial charge in [0.25, 0.3) is 0 Å². The summed E-state index contributed by atoms with van der Waals surface area (Å²) in [7, 11) is 0. The lowest BCUT2D eigenvalue weighted by Gasteiger charge is -2.00. The number of benzene rings is 1. The molecule has 0 heterocycles. The fourth-order valence-corrected chi connectivity index (χ4v) is 0.973. The average molecular weight is 227 g/mol. The second kappa shape index (κ2) is 3.89. The summed E-state index contributed by atoms with van der Waals surface area (Å²) in [5.41, 5.74) is -0.513. The highest BCUT2D eigenvalue weighted by Gasteiger charge is 2.18. The van der Waals surface area contributed by atoms with Crippen molar-refractivity contribution < 1.29 is 17.9 Å². The van der Waals surface area contributed by atoms with E-state index in [0.29, 0.717) is 0 Å². The molecule has 2 nitrogen and oxygen atoms in total. The third kappa shape index (κ3) is 1.89. The van der Waals surface area contributed by atoms with E-state index in [2.05, 4.69) is 4.29 Å². The molecule has 0 aliphatic carbocycles. The quantitative estimate of drug-likeness (QED) is 0.689. The van der Waals surface area contributed by atoms with Crippen molar-refractivity contribution in [2.24, 2.45) is 0 Å². The molecule has 0 unspecified atom stereocenters. The summed E-state index contributed by atoms with van der Waals surface area (Å²) in [5, 5.41) is -0.764. The summed E-state index contributed by atoms with van der Waals surface area (Å²) in [6, 6.07) is 1.73. The summed E-state index contributed by atoms with van der Waals surface area (Å²) in [6.45, 7) is 0. The van der Waals surface area contributed by atoms with Crippen LogP contribution in [0.15, 0.2) is 12.1 Å². The molecule has 1 aromatic rings. The van der Waals surface area contributed by atoms with Crippen LogP contribution >= 0.6 is 23.5 Å². The van der Waals surface area contributed by atoms with Gasteiger partial charge in [0.05, 0.1) is 5.56 Å². The van der Waals surface area contributed by atoms with Crippen molar-refractivity contribution in [3.63, 3.8) is 0 Å². The van der Waals surface area contributed by atoms with Crippen molar-refractivity contribution in [1.82, 2.24) is 0 Å². The topological polar surface area (TPSA) is 26.3 Å². The number of hydrogen-bond acceptors (Lipinski definition) is 2. The van der Waals surface area contributed by atoms with Crippen LogP contribution in [0.4, 0.5) is 8.78 Å². The Balaban J connectivity index is 3.26. The van der Waals surface area contributed by atoms with Gasteiger partial charge in [-0.2, -0.15) is 0 Å². The molecule has 0 aliphatic heterocycles. The normalized spacial score (nSPS) is 9.85. The Kier molecular flexibility index (Phi) is 3.06. The van der Waals surface area contributed by atoms with E-state index in [9.17, 15) is 13.6 Å². The minimum atomic E-state index is -1.19. The van der Waals surface area contributed by atoms with Crippen molar-refractivity contribution in [2.45, 2.75) is 0 Å². The van der Waals surface area contributed by atoms with E-state index in [-0.39, 0.29) is 0 Å². The van der Waals surface area contributed by atoms with Crippen molar-refractivity contribution in [1.29, 1.82) is 0 Å². The predicted molar refractivity (Wildman–Crippen MR) is 42.6 cm³/mol. The van der Waals surface area contributed by atoms with Crippen LogP contribution in [0, 0.1) is 11.6 Å². The standard InChI is InChI=1S/C7H2Cl2F2O2/c8-5-4(10)2-1-3(6(5)11)7(12)13-9/h1-2H. The van der Waals surface area contributed by atoms with Crippen LogP contribution < -0.4 is 0 Å². The molecule has 0 spiro atoms. The van der Waals surface area contributed by atoms with Gasteiger partial charge in [0.15, 0.2) is 5.82 Å². The van der Waals surface area contributed by atoms with Crippen LogP contribution in [-0.4, -0.2) is 5.97 Å². The van der Waals surface area contributed by atoms with E-state index < -0.39 is 28.2 Å². The molecule has 0 N–H and O–H groups in total. The molecule has 0 saturated carbocycles.